The van der Waals surface area contributed by atoms with Gasteiger partial charge in [-0.1, -0.05) is 54.6 Å². The molecule has 0 saturated heterocycles. The van der Waals surface area contributed by atoms with Crippen molar-refractivity contribution >= 4 is 30.6 Å². The second kappa shape index (κ2) is 4.33. The summed E-state index contributed by atoms with van der Waals surface area (Å²) in [6.07, 6.45) is 0. The van der Waals surface area contributed by atoms with Crippen molar-refractivity contribution in [1.29, 1.82) is 0 Å². The highest BCUT2D eigenvalue weighted by atomic mass is 31.2. The van der Waals surface area contributed by atoms with Crippen molar-refractivity contribution in [2.24, 2.45) is 0 Å². The summed E-state index contributed by atoms with van der Waals surface area (Å²) in [6.45, 7) is 0. The van der Waals surface area contributed by atoms with Crippen LogP contribution in [0.4, 0.5) is 0 Å². The minimum absolute atomic E-state index is 1.25. The highest BCUT2D eigenvalue weighted by molar-refractivity contribution is 8.14. The third-order valence-corrected chi connectivity index (χ3v) is 7.43. The van der Waals surface area contributed by atoms with Gasteiger partial charge in [0.05, 0.1) is 15.9 Å². The lowest BCUT2D eigenvalue weighted by atomic mass is 10.1. The van der Waals surface area contributed by atoms with Gasteiger partial charge in [-0.3, -0.25) is 7.57 Å². The van der Waals surface area contributed by atoms with E-state index in [0.717, 1.165) is 0 Å². The van der Waals surface area contributed by atoms with E-state index in [-0.39, 0.29) is 0 Å². The Morgan fingerprint density at radius 2 is 1.00 bits per heavy atom. The van der Waals surface area contributed by atoms with Gasteiger partial charge in [-0.25, -0.2) is 0 Å². The molecule has 0 aliphatic carbocycles. The highest BCUT2D eigenvalue weighted by Crippen LogP contribution is 2.58. The molecular formula is C18H13BP. The Balaban J connectivity index is 2.10. The Kier molecular flexibility index (Phi) is 2.58. The predicted octanol–water partition coefficient (Wildman–Crippen LogP) is 3.04. The zero-order valence-electron chi connectivity index (χ0n) is 11.0. The van der Waals surface area contributed by atoms with Crippen LogP contribution in [0.2, 0.25) is 0 Å². The predicted molar refractivity (Wildman–Crippen MR) is 89.9 cm³/mol. The number of benzene rings is 3. The van der Waals surface area contributed by atoms with Gasteiger partial charge in [-0.05, 0) is 24.3 Å². The summed E-state index contributed by atoms with van der Waals surface area (Å²) in [5.41, 5.74) is 2.59. The van der Waals surface area contributed by atoms with Crippen LogP contribution in [0.25, 0.3) is 11.1 Å². The number of fused-ring (bicyclic) bond motifs is 3. The molecule has 3 radical (unpaired) electrons. The van der Waals surface area contributed by atoms with Crippen LogP contribution in [-0.4, -0.2) is 7.57 Å². The molecule has 0 nitrogen and oxygen atoms in total. The van der Waals surface area contributed by atoms with Crippen molar-refractivity contribution in [3.63, 3.8) is 0 Å². The van der Waals surface area contributed by atoms with Gasteiger partial charge in [0, 0.05) is 11.1 Å². The molecule has 2 heteroatoms. The van der Waals surface area contributed by atoms with E-state index in [1.165, 1.54) is 27.0 Å². The maximum absolute atomic E-state index is 7.01. The van der Waals surface area contributed by atoms with Crippen LogP contribution in [0.5, 0.6) is 0 Å². The molecule has 0 unspecified atom stereocenters. The molecule has 1 aliphatic heterocycles. The van der Waals surface area contributed by atoms with Crippen LogP contribution >= 0.6 is 7.14 Å². The van der Waals surface area contributed by atoms with Gasteiger partial charge in [0.15, 0.2) is 0 Å². The van der Waals surface area contributed by atoms with Crippen LogP contribution in [0.3, 0.4) is 0 Å². The summed E-state index contributed by atoms with van der Waals surface area (Å²) in [5.74, 6) is 0. The SMILES string of the molecule is [B-][P+]1(c2ccccc2)c2ccccc2-c2ccccc21. The van der Waals surface area contributed by atoms with Gasteiger partial charge in [0.1, 0.15) is 0 Å². The second-order valence-electron chi connectivity index (χ2n) is 5.09. The first-order valence-corrected chi connectivity index (χ1v) is 8.60. The third kappa shape index (κ3) is 1.47. The Morgan fingerprint density at radius 1 is 0.550 bits per heavy atom. The molecule has 0 N–H and O–H groups in total. The Bertz CT molecular complexity index is 735. The average Bonchev–Trinajstić information content (AvgIpc) is 2.80. The smallest absolute Gasteiger partial charge is 0.0595 e. The maximum atomic E-state index is 7.01. The van der Waals surface area contributed by atoms with Crippen molar-refractivity contribution in [3.8, 4) is 11.1 Å². The molecule has 4 rings (SSSR count). The van der Waals surface area contributed by atoms with E-state index in [1.54, 1.807) is 0 Å². The van der Waals surface area contributed by atoms with Crippen LogP contribution in [0.1, 0.15) is 0 Å². The van der Waals surface area contributed by atoms with E-state index < -0.39 is 7.14 Å². The largest absolute Gasteiger partial charge is 0.284 e. The quantitative estimate of drug-likeness (QED) is 0.471. The molecule has 20 heavy (non-hydrogen) atoms. The van der Waals surface area contributed by atoms with Crippen molar-refractivity contribution in [2.75, 3.05) is 0 Å². The third-order valence-electron chi connectivity index (χ3n) is 4.02. The monoisotopic (exact) mass is 271 g/mol. The normalized spacial score (nSPS) is 14.7. The Labute approximate surface area is 121 Å². The van der Waals surface area contributed by atoms with Gasteiger partial charge in [-0.2, -0.15) is 0 Å². The summed E-state index contributed by atoms with van der Waals surface area (Å²) >= 11 is 0. The molecule has 1 heterocycles. The molecule has 0 bridgehead atoms. The lowest BCUT2D eigenvalue weighted by Gasteiger charge is -2.33. The lowest BCUT2D eigenvalue weighted by Crippen LogP contribution is -2.27. The molecule has 0 aromatic heterocycles. The standard InChI is InChI=1S/C18H13BP/c19-20(14-8-2-1-3-9-14)17-12-6-4-10-15(17)16-11-5-7-13-18(16)20/h1-13H. The van der Waals surface area contributed by atoms with Gasteiger partial charge in [0.2, 0.25) is 0 Å². The van der Waals surface area contributed by atoms with E-state index in [0.29, 0.717) is 0 Å². The number of hydrogen-bond acceptors (Lipinski definition) is 0. The van der Waals surface area contributed by atoms with E-state index in [2.05, 4.69) is 72.8 Å². The van der Waals surface area contributed by atoms with Crippen LogP contribution in [-0.2, 0) is 0 Å². The summed E-state index contributed by atoms with van der Waals surface area (Å²) < 4.78 is 0. The van der Waals surface area contributed by atoms with E-state index in [9.17, 15) is 0 Å². The van der Waals surface area contributed by atoms with E-state index in [1.807, 2.05) is 6.07 Å². The summed E-state index contributed by atoms with van der Waals surface area (Å²) in [4.78, 5) is 0. The molecule has 0 saturated carbocycles. The van der Waals surface area contributed by atoms with Crippen molar-refractivity contribution in [1.82, 2.24) is 0 Å². The van der Waals surface area contributed by atoms with Crippen LogP contribution in [0, 0.1) is 0 Å². The minimum Gasteiger partial charge on any atom is -0.284 e. The Morgan fingerprint density at radius 3 is 1.55 bits per heavy atom. The molecule has 0 amide bonds. The number of hydrogen-bond donors (Lipinski definition) is 0. The first kappa shape index (κ1) is 11.9. The lowest BCUT2D eigenvalue weighted by molar-refractivity contribution is 1.71. The maximum Gasteiger partial charge on any atom is 0.0595 e. The van der Waals surface area contributed by atoms with E-state index in [4.69, 9.17) is 7.57 Å². The molecule has 93 valence electrons. The topological polar surface area (TPSA) is 0 Å². The van der Waals surface area contributed by atoms with Crippen LogP contribution in [0.15, 0.2) is 78.9 Å². The minimum atomic E-state index is -1.95. The van der Waals surface area contributed by atoms with Gasteiger partial charge in [0.25, 0.3) is 0 Å². The second-order valence-corrected chi connectivity index (χ2v) is 8.02. The van der Waals surface area contributed by atoms with Gasteiger partial charge in [-0.15, -0.1) is 7.14 Å². The summed E-state index contributed by atoms with van der Waals surface area (Å²) in [7, 11) is 5.06. The summed E-state index contributed by atoms with van der Waals surface area (Å²) in [5, 5.41) is 3.84. The zero-order valence-corrected chi connectivity index (χ0v) is 11.9. The Hall–Kier alpha value is -1.85. The fraction of sp³-hybridized carbons (Fsp3) is 0. The average molecular weight is 271 g/mol. The van der Waals surface area contributed by atoms with E-state index >= 15 is 0 Å². The number of rotatable bonds is 1. The van der Waals surface area contributed by atoms with Crippen molar-refractivity contribution in [3.05, 3.63) is 78.9 Å². The van der Waals surface area contributed by atoms with Gasteiger partial charge >= 0.3 is 0 Å². The first-order valence-electron chi connectivity index (χ1n) is 6.74. The van der Waals surface area contributed by atoms with Gasteiger partial charge < -0.3 is 0 Å². The van der Waals surface area contributed by atoms with Crippen molar-refractivity contribution in [2.45, 2.75) is 0 Å². The molecule has 0 spiro atoms. The first-order chi connectivity index (χ1) is 9.82. The highest BCUT2D eigenvalue weighted by Gasteiger charge is 2.37. The molecule has 3 aromatic rings. The van der Waals surface area contributed by atoms with Crippen LogP contribution < -0.4 is 15.9 Å². The van der Waals surface area contributed by atoms with Crippen molar-refractivity contribution < 1.29 is 0 Å². The molecule has 1 aliphatic rings. The molecule has 3 aromatic carbocycles. The molecular weight excluding hydrogens is 258 g/mol. The summed E-state index contributed by atoms with van der Waals surface area (Å²) in [6, 6.07) is 27.6. The molecule has 0 fully saturated rings. The fourth-order valence-electron chi connectivity index (χ4n) is 3.09. The molecule has 0 atom stereocenters. The zero-order chi connectivity index (χ0) is 13.6. The fourth-order valence-corrected chi connectivity index (χ4v) is 6.34.